The van der Waals surface area contributed by atoms with Gasteiger partial charge in [0.2, 0.25) is 0 Å². The van der Waals surface area contributed by atoms with Gasteiger partial charge in [-0.1, -0.05) is 6.07 Å². The smallest absolute Gasteiger partial charge is 0.255 e. The second-order valence-electron chi connectivity index (χ2n) is 6.94. The maximum absolute atomic E-state index is 12.7. The van der Waals surface area contributed by atoms with Crippen LogP contribution in [0.5, 0.6) is 11.5 Å². The highest BCUT2D eigenvalue weighted by molar-refractivity contribution is 6.08. The Bertz CT molecular complexity index is 1010. The topological polar surface area (TPSA) is 108 Å². The van der Waals surface area contributed by atoms with Gasteiger partial charge < -0.3 is 25.6 Å². The fourth-order valence-corrected chi connectivity index (χ4v) is 3.21. The lowest BCUT2D eigenvalue weighted by atomic mass is 9.94. The summed E-state index contributed by atoms with van der Waals surface area (Å²) in [6, 6.07) is 6.54. The number of hydrogen-bond donors (Lipinski definition) is 4. The zero-order valence-corrected chi connectivity index (χ0v) is 16.6. The van der Waals surface area contributed by atoms with Gasteiger partial charge >= 0.3 is 0 Å². The van der Waals surface area contributed by atoms with E-state index < -0.39 is 0 Å². The average molecular weight is 396 g/mol. The predicted octanol–water partition coefficient (Wildman–Crippen LogP) is 2.45. The molecule has 1 heterocycles. The Morgan fingerprint density at radius 1 is 1.10 bits per heavy atom. The van der Waals surface area contributed by atoms with Crippen LogP contribution in [0.4, 0.5) is 5.69 Å². The zero-order chi connectivity index (χ0) is 21.1. The van der Waals surface area contributed by atoms with E-state index in [1.54, 1.807) is 37.3 Å². The summed E-state index contributed by atoms with van der Waals surface area (Å²) < 4.78 is 5.82. The van der Waals surface area contributed by atoms with Crippen LogP contribution in [0.1, 0.15) is 32.6 Å². The molecule has 0 aromatic heterocycles. The standard InChI is InChI=1S/C22H24N2O5/c1-12-13(2)20-18(14(3)19(12)26)10-16(11-29-20)22(28)24-17-6-4-5-15(9-17)21(27)23-7-8-25/h4-6,9-10,25-26H,7-8,11H2,1-3H3,(H,23,27)(H,24,28). The molecule has 3 rings (SSSR count). The fourth-order valence-electron chi connectivity index (χ4n) is 3.21. The third-order valence-electron chi connectivity index (χ3n) is 5.02. The summed E-state index contributed by atoms with van der Waals surface area (Å²) in [5.41, 5.74) is 4.23. The minimum Gasteiger partial charge on any atom is -0.507 e. The molecule has 0 aliphatic carbocycles. The Hall–Kier alpha value is -3.32. The molecule has 29 heavy (non-hydrogen) atoms. The van der Waals surface area contributed by atoms with Gasteiger partial charge in [0.25, 0.3) is 11.8 Å². The van der Waals surface area contributed by atoms with Gasteiger partial charge in [-0.25, -0.2) is 0 Å². The molecule has 0 bridgehead atoms. The van der Waals surface area contributed by atoms with Crippen molar-refractivity contribution >= 4 is 23.6 Å². The van der Waals surface area contributed by atoms with Crippen molar-refractivity contribution in [1.82, 2.24) is 5.32 Å². The van der Waals surface area contributed by atoms with Crippen LogP contribution in [0.15, 0.2) is 29.8 Å². The van der Waals surface area contributed by atoms with Crippen LogP contribution < -0.4 is 15.4 Å². The zero-order valence-electron chi connectivity index (χ0n) is 16.6. The van der Waals surface area contributed by atoms with Crippen LogP contribution in [-0.2, 0) is 4.79 Å². The first-order valence-corrected chi connectivity index (χ1v) is 9.30. The van der Waals surface area contributed by atoms with Gasteiger partial charge in [-0.05, 0) is 56.2 Å². The molecule has 0 unspecified atom stereocenters. The van der Waals surface area contributed by atoms with E-state index in [-0.39, 0.29) is 37.3 Å². The number of nitrogens with one attached hydrogen (secondary N) is 2. The van der Waals surface area contributed by atoms with Crippen molar-refractivity contribution in [1.29, 1.82) is 0 Å². The van der Waals surface area contributed by atoms with Crippen molar-refractivity contribution in [2.45, 2.75) is 20.8 Å². The highest BCUT2D eigenvalue weighted by atomic mass is 16.5. The summed E-state index contributed by atoms with van der Waals surface area (Å²) in [6.07, 6.45) is 1.73. The number of anilines is 1. The lowest BCUT2D eigenvalue weighted by Gasteiger charge is -2.23. The van der Waals surface area contributed by atoms with Crippen molar-refractivity contribution in [3.8, 4) is 11.5 Å². The number of hydrogen-bond acceptors (Lipinski definition) is 5. The molecule has 0 atom stereocenters. The molecular weight excluding hydrogens is 372 g/mol. The molecular formula is C22H24N2O5. The van der Waals surface area contributed by atoms with Gasteiger partial charge in [-0.15, -0.1) is 0 Å². The number of rotatable bonds is 5. The van der Waals surface area contributed by atoms with Crippen molar-refractivity contribution < 1.29 is 24.5 Å². The Balaban J connectivity index is 1.83. The van der Waals surface area contributed by atoms with Gasteiger partial charge in [0.15, 0.2) is 0 Å². The number of benzene rings is 2. The second-order valence-corrected chi connectivity index (χ2v) is 6.94. The summed E-state index contributed by atoms with van der Waals surface area (Å²) >= 11 is 0. The van der Waals surface area contributed by atoms with Gasteiger partial charge in [0.1, 0.15) is 18.1 Å². The molecule has 0 spiro atoms. The number of phenolic OH excluding ortho intramolecular Hbond substituents is 1. The van der Waals surface area contributed by atoms with E-state index in [9.17, 15) is 14.7 Å². The average Bonchev–Trinajstić information content (AvgIpc) is 2.74. The molecule has 7 nitrogen and oxygen atoms in total. The quantitative estimate of drug-likeness (QED) is 0.621. The van der Waals surface area contributed by atoms with Crippen molar-refractivity contribution in [3.05, 3.63) is 57.7 Å². The van der Waals surface area contributed by atoms with E-state index >= 15 is 0 Å². The number of aromatic hydroxyl groups is 1. The monoisotopic (exact) mass is 396 g/mol. The number of aliphatic hydroxyl groups is 1. The maximum Gasteiger partial charge on any atom is 0.255 e. The van der Waals surface area contributed by atoms with Gasteiger partial charge in [0.05, 0.1) is 12.2 Å². The number of fused-ring (bicyclic) bond motifs is 1. The molecule has 2 aromatic carbocycles. The van der Waals surface area contributed by atoms with Crippen LogP contribution >= 0.6 is 0 Å². The molecule has 4 N–H and O–H groups in total. The summed E-state index contributed by atoms with van der Waals surface area (Å²) in [5, 5.41) is 24.5. The maximum atomic E-state index is 12.7. The molecule has 0 saturated heterocycles. The lowest BCUT2D eigenvalue weighted by molar-refractivity contribution is -0.113. The molecule has 2 amide bonds. The number of carbonyl (C=O) groups is 2. The van der Waals surface area contributed by atoms with Crippen LogP contribution in [-0.4, -0.2) is 41.8 Å². The van der Waals surface area contributed by atoms with E-state index in [0.717, 1.165) is 11.1 Å². The Labute approximate surface area is 169 Å². The third-order valence-corrected chi connectivity index (χ3v) is 5.02. The highest BCUT2D eigenvalue weighted by Gasteiger charge is 2.23. The van der Waals surface area contributed by atoms with Crippen molar-refractivity contribution in [2.75, 3.05) is 25.1 Å². The van der Waals surface area contributed by atoms with E-state index in [0.29, 0.717) is 33.7 Å². The minimum absolute atomic E-state index is 0.111. The Morgan fingerprint density at radius 2 is 1.86 bits per heavy atom. The Kier molecular flexibility index (Phi) is 5.89. The van der Waals surface area contributed by atoms with E-state index in [1.807, 2.05) is 13.8 Å². The van der Waals surface area contributed by atoms with Crippen LogP contribution in [0.25, 0.3) is 6.08 Å². The Morgan fingerprint density at radius 3 is 2.59 bits per heavy atom. The minimum atomic E-state index is -0.347. The third kappa shape index (κ3) is 4.09. The van der Waals surface area contributed by atoms with Crippen molar-refractivity contribution in [3.63, 3.8) is 0 Å². The largest absolute Gasteiger partial charge is 0.507 e. The summed E-state index contributed by atoms with van der Waals surface area (Å²) in [7, 11) is 0. The van der Waals surface area contributed by atoms with Crippen LogP contribution in [0, 0.1) is 20.8 Å². The first-order valence-electron chi connectivity index (χ1n) is 9.30. The van der Waals surface area contributed by atoms with Gasteiger partial charge in [-0.3, -0.25) is 9.59 Å². The SMILES string of the molecule is Cc1c(C)c2c(c(C)c1O)C=C(C(=O)Nc1cccc(C(=O)NCCO)c1)CO2. The summed E-state index contributed by atoms with van der Waals surface area (Å²) in [5.74, 6) is 0.197. The number of aliphatic hydroxyl groups excluding tert-OH is 1. The van der Waals surface area contributed by atoms with E-state index in [2.05, 4.69) is 10.6 Å². The first kappa shape index (κ1) is 20.4. The highest BCUT2D eigenvalue weighted by Crippen LogP contribution is 2.40. The normalized spacial score (nSPS) is 12.5. The summed E-state index contributed by atoms with van der Waals surface area (Å²) in [6.45, 7) is 5.61. The number of ether oxygens (including phenoxy) is 1. The van der Waals surface area contributed by atoms with Crippen LogP contribution in [0.3, 0.4) is 0 Å². The molecule has 152 valence electrons. The molecule has 0 radical (unpaired) electrons. The van der Waals surface area contributed by atoms with E-state index in [1.165, 1.54) is 0 Å². The molecule has 1 aliphatic rings. The lowest BCUT2D eigenvalue weighted by Crippen LogP contribution is -2.26. The number of carbonyl (C=O) groups excluding carboxylic acids is 2. The molecule has 2 aromatic rings. The predicted molar refractivity (Wildman–Crippen MR) is 110 cm³/mol. The summed E-state index contributed by atoms with van der Waals surface area (Å²) in [4.78, 5) is 24.7. The number of phenols is 1. The van der Waals surface area contributed by atoms with Gasteiger partial charge in [0, 0.05) is 28.9 Å². The first-order chi connectivity index (χ1) is 13.8. The van der Waals surface area contributed by atoms with Crippen molar-refractivity contribution in [2.24, 2.45) is 0 Å². The second kappa shape index (κ2) is 8.36. The number of amides is 2. The van der Waals surface area contributed by atoms with E-state index in [4.69, 9.17) is 9.84 Å². The molecule has 7 heteroatoms. The molecule has 1 aliphatic heterocycles. The fraction of sp³-hybridized carbons (Fsp3) is 0.273. The van der Waals surface area contributed by atoms with Crippen LogP contribution in [0.2, 0.25) is 0 Å². The molecule has 0 saturated carbocycles. The van der Waals surface area contributed by atoms with Gasteiger partial charge in [-0.2, -0.15) is 0 Å². The molecule has 0 fully saturated rings.